The van der Waals surface area contributed by atoms with Gasteiger partial charge in [-0.15, -0.1) is 0 Å². The van der Waals surface area contributed by atoms with Crippen molar-refractivity contribution >= 4 is 0 Å². The van der Waals surface area contributed by atoms with Crippen molar-refractivity contribution in [1.82, 2.24) is 0 Å². The van der Waals surface area contributed by atoms with Crippen LogP contribution in [0.5, 0.6) is 0 Å². The molecule has 0 bridgehead atoms. The molecule has 0 aliphatic rings. The Morgan fingerprint density at radius 2 is 0.643 bits per heavy atom. The van der Waals surface area contributed by atoms with Crippen molar-refractivity contribution in [3.05, 3.63) is 6.42 Å². The molecule has 0 aliphatic carbocycles. The summed E-state index contributed by atoms with van der Waals surface area (Å²) in [5.41, 5.74) is 0. The van der Waals surface area contributed by atoms with Crippen LogP contribution in [0.2, 0.25) is 0 Å². The zero-order chi connectivity index (χ0) is 20.7. The lowest BCUT2D eigenvalue weighted by Crippen LogP contribution is -2.11. The van der Waals surface area contributed by atoms with Gasteiger partial charge in [-0.05, 0) is 18.3 Å². The van der Waals surface area contributed by atoms with E-state index < -0.39 is 0 Å². The number of unbranched alkanes of at least 4 members (excludes halogenated alkanes) is 13. The first-order valence-electron chi connectivity index (χ1n) is 13.6. The Bertz CT molecular complexity index is 255. The molecule has 0 rings (SSSR count). The van der Waals surface area contributed by atoms with Crippen molar-refractivity contribution in [2.45, 2.75) is 163 Å². The fourth-order valence-electron chi connectivity index (χ4n) is 4.56. The summed E-state index contributed by atoms with van der Waals surface area (Å²) in [5.74, 6) is 1.80. The van der Waals surface area contributed by atoms with Crippen molar-refractivity contribution in [2.24, 2.45) is 11.8 Å². The van der Waals surface area contributed by atoms with Gasteiger partial charge in [0.15, 0.2) is 0 Å². The normalized spacial score (nSPS) is 12.8. The van der Waals surface area contributed by atoms with E-state index >= 15 is 0 Å². The van der Waals surface area contributed by atoms with Crippen molar-refractivity contribution in [2.75, 3.05) is 0 Å². The van der Waals surface area contributed by atoms with Crippen LogP contribution in [0.25, 0.3) is 0 Å². The summed E-state index contributed by atoms with van der Waals surface area (Å²) in [6.07, 6.45) is 33.0. The zero-order valence-corrected chi connectivity index (χ0v) is 20.6. The molecule has 0 fully saturated rings. The second-order valence-electron chi connectivity index (χ2n) is 9.46. The quantitative estimate of drug-likeness (QED) is 0.151. The van der Waals surface area contributed by atoms with Gasteiger partial charge in [0.25, 0.3) is 0 Å². The Kier molecular flexibility index (Phi) is 23.3. The molecule has 1 unspecified atom stereocenters. The van der Waals surface area contributed by atoms with Gasteiger partial charge < -0.3 is 0 Å². The average molecular weight is 394 g/mol. The van der Waals surface area contributed by atoms with Crippen LogP contribution in [0.15, 0.2) is 0 Å². The van der Waals surface area contributed by atoms with Crippen LogP contribution >= 0.6 is 0 Å². The summed E-state index contributed by atoms with van der Waals surface area (Å²) in [7, 11) is 0. The standard InChI is InChI=1S/C28H57/c1-5-9-13-16-19-23-27(22-12-8-4)26-28(24-20-17-14-10-6-2)25-21-18-15-11-7-3/h26-28H,5-25H2,1-4H3. The molecule has 0 saturated heterocycles. The molecule has 0 heteroatoms. The van der Waals surface area contributed by atoms with Crippen LogP contribution in [0, 0.1) is 18.3 Å². The molecule has 28 heavy (non-hydrogen) atoms. The molecule has 1 radical (unpaired) electrons. The lowest BCUT2D eigenvalue weighted by Gasteiger charge is -2.24. The van der Waals surface area contributed by atoms with Crippen molar-refractivity contribution in [1.29, 1.82) is 0 Å². The molecule has 169 valence electrons. The van der Waals surface area contributed by atoms with Gasteiger partial charge in [-0.3, -0.25) is 0 Å². The fourth-order valence-corrected chi connectivity index (χ4v) is 4.56. The Morgan fingerprint density at radius 3 is 0.964 bits per heavy atom. The molecular formula is C28H57. The van der Waals surface area contributed by atoms with Crippen LogP contribution in [0.3, 0.4) is 0 Å². The van der Waals surface area contributed by atoms with E-state index in [0.29, 0.717) is 0 Å². The maximum absolute atomic E-state index is 2.86. The number of rotatable bonds is 23. The summed E-state index contributed by atoms with van der Waals surface area (Å²) in [4.78, 5) is 0. The van der Waals surface area contributed by atoms with Crippen LogP contribution in [0.4, 0.5) is 0 Å². The Labute approximate surface area is 181 Å². The molecule has 0 aromatic heterocycles. The summed E-state index contributed by atoms with van der Waals surface area (Å²) < 4.78 is 0. The summed E-state index contributed by atoms with van der Waals surface area (Å²) in [6.45, 7) is 9.33. The van der Waals surface area contributed by atoms with E-state index in [-0.39, 0.29) is 0 Å². The Balaban J connectivity index is 4.36. The zero-order valence-electron chi connectivity index (χ0n) is 20.6. The fraction of sp³-hybridized carbons (Fsp3) is 0.964. The first-order valence-corrected chi connectivity index (χ1v) is 13.6. The average Bonchev–Trinajstić information content (AvgIpc) is 2.70. The largest absolute Gasteiger partial charge is 0.0654 e. The highest BCUT2D eigenvalue weighted by Gasteiger charge is 2.16. The first kappa shape index (κ1) is 28.0. The first-order chi connectivity index (χ1) is 13.8. The molecule has 0 spiro atoms. The van der Waals surface area contributed by atoms with E-state index in [2.05, 4.69) is 34.1 Å². The van der Waals surface area contributed by atoms with E-state index in [1.165, 1.54) is 135 Å². The smallest absolute Gasteiger partial charge is 0.0324 e. The maximum atomic E-state index is 2.86. The highest BCUT2D eigenvalue weighted by Crippen LogP contribution is 2.30. The minimum Gasteiger partial charge on any atom is -0.0654 e. The van der Waals surface area contributed by atoms with Crippen molar-refractivity contribution < 1.29 is 0 Å². The van der Waals surface area contributed by atoms with Gasteiger partial charge >= 0.3 is 0 Å². The van der Waals surface area contributed by atoms with E-state index in [9.17, 15) is 0 Å². The van der Waals surface area contributed by atoms with Crippen LogP contribution in [-0.4, -0.2) is 0 Å². The Hall–Kier alpha value is 0. The van der Waals surface area contributed by atoms with Crippen LogP contribution < -0.4 is 0 Å². The second kappa shape index (κ2) is 23.3. The van der Waals surface area contributed by atoms with Gasteiger partial charge in [-0.25, -0.2) is 0 Å². The van der Waals surface area contributed by atoms with E-state index in [1.54, 1.807) is 0 Å². The molecular weight excluding hydrogens is 336 g/mol. The Morgan fingerprint density at radius 1 is 0.357 bits per heavy atom. The van der Waals surface area contributed by atoms with Gasteiger partial charge in [-0.2, -0.15) is 0 Å². The second-order valence-corrected chi connectivity index (χ2v) is 9.46. The minimum absolute atomic E-state index is 0.901. The van der Waals surface area contributed by atoms with E-state index in [1.807, 2.05) is 0 Å². The molecule has 1 atom stereocenters. The molecule has 0 amide bonds. The van der Waals surface area contributed by atoms with Crippen LogP contribution in [0.1, 0.15) is 163 Å². The topological polar surface area (TPSA) is 0 Å². The van der Waals surface area contributed by atoms with Crippen LogP contribution in [-0.2, 0) is 0 Å². The predicted octanol–water partition coefficient (Wildman–Crippen LogP) is 10.7. The van der Waals surface area contributed by atoms with Gasteiger partial charge in [0, 0.05) is 0 Å². The predicted molar refractivity (Wildman–Crippen MR) is 131 cm³/mol. The lowest BCUT2D eigenvalue weighted by atomic mass is 9.82. The summed E-state index contributed by atoms with van der Waals surface area (Å²) in [6, 6.07) is 0. The lowest BCUT2D eigenvalue weighted by molar-refractivity contribution is 0.367. The highest BCUT2D eigenvalue weighted by molar-refractivity contribution is 4.84. The molecule has 0 heterocycles. The van der Waals surface area contributed by atoms with E-state index in [4.69, 9.17) is 0 Å². The van der Waals surface area contributed by atoms with Gasteiger partial charge in [0.05, 0.1) is 0 Å². The third-order valence-electron chi connectivity index (χ3n) is 6.51. The van der Waals surface area contributed by atoms with E-state index in [0.717, 1.165) is 11.8 Å². The molecule has 0 aromatic carbocycles. The molecule has 0 aromatic rings. The molecule has 0 N–H and O–H groups in total. The monoisotopic (exact) mass is 393 g/mol. The summed E-state index contributed by atoms with van der Waals surface area (Å²) in [5, 5.41) is 0. The summed E-state index contributed by atoms with van der Waals surface area (Å²) >= 11 is 0. The molecule has 0 aliphatic heterocycles. The third-order valence-corrected chi connectivity index (χ3v) is 6.51. The maximum Gasteiger partial charge on any atom is -0.0324 e. The number of hydrogen-bond donors (Lipinski definition) is 0. The van der Waals surface area contributed by atoms with Gasteiger partial charge in [0.2, 0.25) is 0 Å². The van der Waals surface area contributed by atoms with Gasteiger partial charge in [-0.1, -0.05) is 163 Å². The molecule has 0 nitrogen and oxygen atoms in total. The minimum atomic E-state index is 0.901. The third kappa shape index (κ3) is 19.3. The SMILES string of the molecule is CCCCCCCC([CH]C(CCCCCCC)CCCCCCC)CCCC. The van der Waals surface area contributed by atoms with Crippen molar-refractivity contribution in [3.63, 3.8) is 0 Å². The number of hydrogen-bond acceptors (Lipinski definition) is 0. The molecule has 0 saturated carbocycles. The van der Waals surface area contributed by atoms with Crippen molar-refractivity contribution in [3.8, 4) is 0 Å². The van der Waals surface area contributed by atoms with Gasteiger partial charge in [0.1, 0.15) is 0 Å². The highest BCUT2D eigenvalue weighted by atomic mass is 14.2.